The summed E-state index contributed by atoms with van der Waals surface area (Å²) in [6.07, 6.45) is 6.62. The Hall–Kier alpha value is -1.31. The lowest BCUT2D eigenvalue weighted by Crippen LogP contribution is -1.88. The number of hydrogen-bond donors (Lipinski definition) is 1. The topological polar surface area (TPSA) is 28.7 Å². The minimum Gasteiger partial charge on any atom is -0.282 e. The monoisotopic (exact) mass is 218 g/mol. The quantitative estimate of drug-likeness (QED) is 0.761. The van der Waals surface area contributed by atoms with Gasteiger partial charge in [0.1, 0.15) is 0 Å². The predicted molar refractivity (Wildman–Crippen MR) is 70.1 cm³/mol. The van der Waals surface area contributed by atoms with Crippen molar-refractivity contribution in [3.63, 3.8) is 0 Å². The molecule has 1 rings (SSSR count). The standard InChI is InChI=1S/C14H22N2/c1-10(2)6-7-13(8-11(3)4)14-9-12(5)15-16-14/h6-11H,1-5H3,(H,15,16)/b7-6-,13-8+. The SMILES string of the molecule is Cc1cc(C(/C=C\C(C)C)=C/C(C)C)n[nH]1. The van der Waals surface area contributed by atoms with Crippen molar-refractivity contribution in [1.29, 1.82) is 0 Å². The van der Waals surface area contributed by atoms with E-state index in [9.17, 15) is 0 Å². The second-order valence-electron chi connectivity index (χ2n) is 4.91. The minimum absolute atomic E-state index is 0.531. The van der Waals surface area contributed by atoms with Crippen LogP contribution in [0.3, 0.4) is 0 Å². The fourth-order valence-electron chi connectivity index (χ4n) is 1.45. The van der Waals surface area contributed by atoms with E-state index in [2.05, 4.69) is 62.2 Å². The molecule has 0 bridgehead atoms. The summed E-state index contributed by atoms with van der Waals surface area (Å²) in [5.74, 6) is 1.10. The second kappa shape index (κ2) is 5.69. The molecule has 1 heterocycles. The first-order valence-electron chi connectivity index (χ1n) is 5.91. The molecule has 0 aliphatic carbocycles. The lowest BCUT2D eigenvalue weighted by molar-refractivity contribution is 0.826. The first-order chi connectivity index (χ1) is 7.49. The number of nitrogens with one attached hydrogen (secondary N) is 1. The first-order valence-corrected chi connectivity index (χ1v) is 5.91. The van der Waals surface area contributed by atoms with Crippen LogP contribution >= 0.6 is 0 Å². The largest absolute Gasteiger partial charge is 0.282 e. The Kier molecular flexibility index (Phi) is 4.53. The van der Waals surface area contributed by atoms with E-state index in [-0.39, 0.29) is 0 Å². The molecule has 0 atom stereocenters. The third kappa shape index (κ3) is 4.05. The number of hydrogen-bond acceptors (Lipinski definition) is 1. The molecule has 0 aromatic carbocycles. The van der Waals surface area contributed by atoms with Crippen LogP contribution in [-0.2, 0) is 0 Å². The molecule has 1 aromatic heterocycles. The van der Waals surface area contributed by atoms with Gasteiger partial charge in [-0.25, -0.2) is 0 Å². The van der Waals surface area contributed by atoms with Crippen molar-refractivity contribution in [1.82, 2.24) is 10.2 Å². The smallest absolute Gasteiger partial charge is 0.0920 e. The van der Waals surface area contributed by atoms with Crippen molar-refractivity contribution in [3.8, 4) is 0 Å². The summed E-state index contributed by atoms with van der Waals surface area (Å²) in [5.41, 5.74) is 3.33. The summed E-state index contributed by atoms with van der Waals surface area (Å²) >= 11 is 0. The Labute approximate surface area is 98.5 Å². The number of aryl methyl sites for hydroxylation is 1. The van der Waals surface area contributed by atoms with Gasteiger partial charge in [-0.15, -0.1) is 0 Å². The summed E-state index contributed by atoms with van der Waals surface area (Å²) in [5, 5.41) is 7.29. The first kappa shape index (κ1) is 12.8. The van der Waals surface area contributed by atoms with Gasteiger partial charge in [0.2, 0.25) is 0 Å². The van der Waals surface area contributed by atoms with E-state index in [1.807, 2.05) is 6.92 Å². The van der Waals surface area contributed by atoms with E-state index in [1.165, 1.54) is 5.57 Å². The van der Waals surface area contributed by atoms with Crippen LogP contribution in [0, 0.1) is 18.8 Å². The van der Waals surface area contributed by atoms with Gasteiger partial charge in [0.05, 0.1) is 5.69 Å². The van der Waals surface area contributed by atoms with Crippen LogP contribution in [0.4, 0.5) is 0 Å². The minimum atomic E-state index is 0.531. The van der Waals surface area contributed by atoms with Crippen molar-refractivity contribution in [2.45, 2.75) is 34.6 Å². The predicted octanol–water partition coefficient (Wildman–Crippen LogP) is 3.97. The molecule has 1 aromatic rings. The van der Waals surface area contributed by atoms with Crippen LogP contribution in [0.25, 0.3) is 5.57 Å². The van der Waals surface area contributed by atoms with Crippen LogP contribution in [0.1, 0.15) is 39.1 Å². The molecule has 0 saturated carbocycles. The van der Waals surface area contributed by atoms with Gasteiger partial charge in [-0.1, -0.05) is 45.9 Å². The highest BCUT2D eigenvalue weighted by Gasteiger charge is 2.03. The van der Waals surface area contributed by atoms with Gasteiger partial charge in [-0.2, -0.15) is 5.10 Å². The van der Waals surface area contributed by atoms with E-state index in [0.717, 1.165) is 11.4 Å². The highest BCUT2D eigenvalue weighted by atomic mass is 15.1. The summed E-state index contributed by atoms with van der Waals surface area (Å²) < 4.78 is 0. The summed E-state index contributed by atoms with van der Waals surface area (Å²) in [6, 6.07) is 2.08. The molecule has 2 heteroatoms. The van der Waals surface area contributed by atoms with Gasteiger partial charge in [-0.3, -0.25) is 5.10 Å². The average Bonchev–Trinajstić information content (AvgIpc) is 2.58. The molecule has 0 radical (unpaired) electrons. The average molecular weight is 218 g/mol. The van der Waals surface area contributed by atoms with Gasteiger partial charge in [0, 0.05) is 5.69 Å². The number of rotatable bonds is 4. The maximum absolute atomic E-state index is 4.30. The molecule has 0 aliphatic rings. The van der Waals surface area contributed by atoms with Gasteiger partial charge < -0.3 is 0 Å². The lowest BCUT2D eigenvalue weighted by atomic mass is 10.0. The number of H-pyrrole nitrogens is 1. The number of aromatic nitrogens is 2. The Morgan fingerprint density at radius 1 is 1.25 bits per heavy atom. The maximum atomic E-state index is 4.30. The maximum Gasteiger partial charge on any atom is 0.0920 e. The Balaban J connectivity index is 2.97. The van der Waals surface area contributed by atoms with Crippen LogP contribution in [0.5, 0.6) is 0 Å². The van der Waals surface area contributed by atoms with Crippen LogP contribution in [0.15, 0.2) is 24.3 Å². The summed E-state index contributed by atoms with van der Waals surface area (Å²) in [4.78, 5) is 0. The van der Waals surface area contributed by atoms with Crippen molar-refractivity contribution < 1.29 is 0 Å². The van der Waals surface area contributed by atoms with E-state index in [1.54, 1.807) is 0 Å². The van der Waals surface area contributed by atoms with Crippen LogP contribution in [-0.4, -0.2) is 10.2 Å². The molecule has 0 spiro atoms. The van der Waals surface area contributed by atoms with Gasteiger partial charge in [0.15, 0.2) is 0 Å². The third-order valence-corrected chi connectivity index (χ3v) is 2.18. The van der Waals surface area contributed by atoms with Crippen LogP contribution < -0.4 is 0 Å². The molecular formula is C14H22N2. The van der Waals surface area contributed by atoms with Crippen molar-refractivity contribution in [2.24, 2.45) is 11.8 Å². The van der Waals surface area contributed by atoms with E-state index in [4.69, 9.17) is 0 Å². The normalized spacial score (nSPS) is 13.3. The molecule has 2 nitrogen and oxygen atoms in total. The highest BCUT2D eigenvalue weighted by Crippen LogP contribution is 2.17. The zero-order chi connectivity index (χ0) is 12.1. The molecular weight excluding hydrogens is 196 g/mol. The Morgan fingerprint density at radius 3 is 2.38 bits per heavy atom. The third-order valence-electron chi connectivity index (χ3n) is 2.18. The summed E-state index contributed by atoms with van der Waals surface area (Å²) in [7, 11) is 0. The Bertz CT molecular complexity index is 381. The van der Waals surface area contributed by atoms with Gasteiger partial charge >= 0.3 is 0 Å². The lowest BCUT2D eigenvalue weighted by Gasteiger charge is -2.02. The van der Waals surface area contributed by atoms with Crippen molar-refractivity contribution in [3.05, 3.63) is 35.7 Å². The van der Waals surface area contributed by atoms with E-state index in [0.29, 0.717) is 11.8 Å². The molecule has 0 saturated heterocycles. The highest BCUT2D eigenvalue weighted by molar-refractivity contribution is 5.71. The second-order valence-corrected chi connectivity index (χ2v) is 4.91. The number of aromatic amines is 1. The molecule has 0 fully saturated rings. The van der Waals surface area contributed by atoms with E-state index >= 15 is 0 Å². The van der Waals surface area contributed by atoms with Gasteiger partial charge in [-0.05, 0) is 30.4 Å². The number of nitrogens with zero attached hydrogens (tertiary/aromatic N) is 1. The zero-order valence-corrected chi connectivity index (χ0v) is 10.9. The molecule has 0 unspecified atom stereocenters. The molecule has 16 heavy (non-hydrogen) atoms. The molecule has 0 aliphatic heterocycles. The fraction of sp³-hybridized carbons (Fsp3) is 0.500. The summed E-state index contributed by atoms with van der Waals surface area (Å²) in [6.45, 7) is 10.7. The van der Waals surface area contributed by atoms with Crippen molar-refractivity contribution in [2.75, 3.05) is 0 Å². The van der Waals surface area contributed by atoms with E-state index < -0.39 is 0 Å². The van der Waals surface area contributed by atoms with Gasteiger partial charge in [0.25, 0.3) is 0 Å². The molecule has 88 valence electrons. The zero-order valence-electron chi connectivity index (χ0n) is 10.9. The van der Waals surface area contributed by atoms with Crippen LogP contribution in [0.2, 0.25) is 0 Å². The molecule has 1 N–H and O–H groups in total. The Morgan fingerprint density at radius 2 is 1.94 bits per heavy atom. The van der Waals surface area contributed by atoms with Crippen molar-refractivity contribution >= 4 is 5.57 Å². The fourth-order valence-corrected chi connectivity index (χ4v) is 1.45. The number of allylic oxidation sites excluding steroid dienone is 4. The molecule has 0 amide bonds.